The molecule has 0 atom stereocenters. The molecule has 0 aromatic rings. The molecule has 0 spiro atoms. The van der Waals surface area contributed by atoms with E-state index in [9.17, 15) is 0 Å². The summed E-state index contributed by atoms with van der Waals surface area (Å²) >= 11 is 0. The Balaban J connectivity index is 0. The van der Waals surface area contributed by atoms with E-state index in [1.807, 2.05) is 0 Å². The van der Waals surface area contributed by atoms with E-state index >= 15 is 0 Å². The second kappa shape index (κ2) is 39.4. The second-order valence-electron chi connectivity index (χ2n) is 0. The number of hydrogen-bond acceptors (Lipinski definition) is 0. The van der Waals surface area contributed by atoms with Gasteiger partial charge in [0.25, 0.3) is 0 Å². The van der Waals surface area contributed by atoms with Gasteiger partial charge in [-0.1, -0.05) is 0 Å². The number of rotatable bonds is 0. The molecule has 0 nitrogen and oxygen atoms in total. The average Bonchev–Trinajstić information content (AvgIpc) is 0. The summed E-state index contributed by atoms with van der Waals surface area (Å²) in [6, 6.07) is 0. The zero-order valence-corrected chi connectivity index (χ0v) is 9.22. The molecule has 0 saturated heterocycles. The van der Waals surface area contributed by atoms with Gasteiger partial charge in [0.1, 0.15) is 0 Å². The topological polar surface area (TPSA) is 0 Å². The van der Waals surface area contributed by atoms with Crippen molar-refractivity contribution in [3.63, 3.8) is 0 Å². The summed E-state index contributed by atoms with van der Waals surface area (Å²) in [4.78, 5) is 0. The first-order valence-corrected chi connectivity index (χ1v) is 0. The summed E-state index contributed by atoms with van der Waals surface area (Å²) in [5.74, 6) is 0. The van der Waals surface area contributed by atoms with Gasteiger partial charge in [0.2, 0.25) is 0 Å². The van der Waals surface area contributed by atoms with Gasteiger partial charge in [-0.2, -0.15) is 0 Å². The molecular weight excluding hydrogens is 282 g/mol. The monoisotopic (exact) mass is 285 g/mol. The SMILES string of the molecule is [AlH3].[V].[V].[V].[V].[V]. The molecule has 6 heavy (non-hydrogen) atoms. The Morgan fingerprint density at radius 1 is 0.333 bits per heavy atom. The van der Waals surface area contributed by atoms with Gasteiger partial charge >= 0.3 is 0 Å². The minimum absolute atomic E-state index is 0. The Hall–Kier alpha value is 3.45. The fraction of sp³-hybridized carbons (Fsp3) is 0. The molecule has 0 unspecified atom stereocenters. The van der Waals surface area contributed by atoms with E-state index in [1.165, 1.54) is 0 Å². The summed E-state index contributed by atoms with van der Waals surface area (Å²) < 4.78 is 0. The predicted molar refractivity (Wildman–Crippen MR) is 9.94 cm³/mol. The third-order valence-electron chi connectivity index (χ3n) is 0. The molecule has 0 amide bonds. The molecule has 0 rings (SSSR count). The molecule has 0 aliphatic carbocycles. The smallest absolute Gasteiger partial charge is 0 e. The van der Waals surface area contributed by atoms with Gasteiger partial charge in [-0.05, 0) is 0 Å². The molecule has 5 radical (unpaired) electrons. The largest absolute Gasteiger partial charge is 0.187 e. The van der Waals surface area contributed by atoms with Crippen molar-refractivity contribution in [2.45, 2.75) is 0 Å². The average molecular weight is 285 g/mol. The predicted octanol–water partition coefficient (Wildman–Crippen LogP) is -1.20. The summed E-state index contributed by atoms with van der Waals surface area (Å²) in [5.41, 5.74) is 0. The maximum Gasteiger partial charge on any atom is 0.187 e. The Kier molecular flexibility index (Phi) is 372. The molecule has 0 aromatic heterocycles. The minimum Gasteiger partial charge on any atom is 0 e. The molecule has 6 heteroatoms. The van der Waals surface area contributed by atoms with Crippen LogP contribution in [0.3, 0.4) is 0 Å². The molecule has 0 aliphatic heterocycles. The van der Waals surface area contributed by atoms with Gasteiger partial charge in [0.15, 0.2) is 17.4 Å². The van der Waals surface area contributed by atoms with Crippen molar-refractivity contribution in [3.05, 3.63) is 0 Å². The third-order valence-corrected chi connectivity index (χ3v) is 0. The fourth-order valence-corrected chi connectivity index (χ4v) is 0. The van der Waals surface area contributed by atoms with E-state index in [-0.39, 0.29) is 110 Å². The second-order valence-corrected chi connectivity index (χ2v) is 0. The molecule has 31 valence electrons. The standard InChI is InChI=1S/Al.5V.3H. The van der Waals surface area contributed by atoms with Gasteiger partial charge in [0.05, 0.1) is 0 Å². The quantitative estimate of drug-likeness (QED) is 0.491. The molecule has 0 fully saturated rings. The van der Waals surface area contributed by atoms with Crippen LogP contribution in [0.1, 0.15) is 0 Å². The van der Waals surface area contributed by atoms with Crippen molar-refractivity contribution in [2.24, 2.45) is 0 Å². The molecule has 0 aliphatic rings. The molecule has 0 saturated carbocycles. The maximum absolute atomic E-state index is 0. The molecule has 0 aromatic carbocycles. The third kappa shape index (κ3) is 26.0. The zero-order chi connectivity index (χ0) is 0. The Morgan fingerprint density at radius 2 is 0.333 bits per heavy atom. The van der Waals surface area contributed by atoms with Crippen molar-refractivity contribution < 1.29 is 92.8 Å². The Bertz CT molecular complexity index is 3.90. The van der Waals surface area contributed by atoms with Crippen LogP contribution in [-0.2, 0) is 92.8 Å². The van der Waals surface area contributed by atoms with Crippen LogP contribution in [0.25, 0.3) is 0 Å². The summed E-state index contributed by atoms with van der Waals surface area (Å²) in [5, 5.41) is 0. The zero-order valence-electron chi connectivity index (χ0n) is 2.24. The van der Waals surface area contributed by atoms with Gasteiger partial charge in [-0.3, -0.25) is 0 Å². The van der Waals surface area contributed by atoms with E-state index in [0.29, 0.717) is 0 Å². The van der Waals surface area contributed by atoms with Gasteiger partial charge in [-0.25, -0.2) is 0 Å². The van der Waals surface area contributed by atoms with Crippen molar-refractivity contribution in [1.82, 2.24) is 0 Å². The van der Waals surface area contributed by atoms with Crippen molar-refractivity contribution >= 4 is 17.4 Å². The van der Waals surface area contributed by atoms with Crippen LogP contribution in [0.4, 0.5) is 0 Å². The molecule has 0 N–H and O–H groups in total. The molecule has 0 heterocycles. The molecule has 0 bridgehead atoms. The van der Waals surface area contributed by atoms with Gasteiger partial charge < -0.3 is 0 Å². The van der Waals surface area contributed by atoms with Crippen LogP contribution in [0.15, 0.2) is 0 Å². The van der Waals surface area contributed by atoms with Crippen molar-refractivity contribution in [3.8, 4) is 0 Å². The summed E-state index contributed by atoms with van der Waals surface area (Å²) in [6.45, 7) is 0. The van der Waals surface area contributed by atoms with Gasteiger partial charge in [0, 0.05) is 92.8 Å². The minimum atomic E-state index is 0. The van der Waals surface area contributed by atoms with E-state index < -0.39 is 0 Å². The Labute approximate surface area is 108 Å². The van der Waals surface area contributed by atoms with Crippen molar-refractivity contribution in [1.29, 1.82) is 0 Å². The van der Waals surface area contributed by atoms with E-state index in [0.717, 1.165) is 0 Å². The molecular formula is H3AlV5. The first-order valence-electron chi connectivity index (χ1n) is 0. The fourth-order valence-electron chi connectivity index (χ4n) is 0. The van der Waals surface area contributed by atoms with Crippen LogP contribution >= 0.6 is 0 Å². The Morgan fingerprint density at radius 3 is 0.333 bits per heavy atom. The van der Waals surface area contributed by atoms with Gasteiger partial charge in [-0.15, -0.1) is 0 Å². The van der Waals surface area contributed by atoms with E-state index in [1.54, 1.807) is 0 Å². The van der Waals surface area contributed by atoms with E-state index in [2.05, 4.69) is 0 Å². The maximum atomic E-state index is 0. The number of hydrogen-bond donors (Lipinski definition) is 0. The summed E-state index contributed by atoms with van der Waals surface area (Å²) in [7, 11) is 0. The first kappa shape index (κ1) is 56.6. The first-order chi connectivity index (χ1) is 0. The van der Waals surface area contributed by atoms with Crippen LogP contribution in [0.2, 0.25) is 0 Å². The van der Waals surface area contributed by atoms with Crippen LogP contribution in [-0.4, -0.2) is 17.4 Å². The van der Waals surface area contributed by atoms with Crippen LogP contribution < -0.4 is 0 Å². The van der Waals surface area contributed by atoms with E-state index in [4.69, 9.17) is 0 Å². The van der Waals surface area contributed by atoms with Crippen LogP contribution in [0.5, 0.6) is 0 Å². The van der Waals surface area contributed by atoms with Crippen LogP contribution in [0, 0.1) is 0 Å². The van der Waals surface area contributed by atoms with Crippen molar-refractivity contribution in [2.75, 3.05) is 0 Å². The normalized spacial score (nSPS) is 0. The summed E-state index contributed by atoms with van der Waals surface area (Å²) in [6.07, 6.45) is 0.